The third kappa shape index (κ3) is 2.53. The average molecular weight is 368 g/mol. The number of hydrogen-bond donors (Lipinski definition) is 0. The Morgan fingerprint density at radius 3 is 2.37 bits per heavy atom. The van der Waals surface area contributed by atoms with Gasteiger partial charge in [0.15, 0.2) is 0 Å². The molecule has 2 saturated carbocycles. The summed E-state index contributed by atoms with van der Waals surface area (Å²) in [4.78, 5) is 2.93. The van der Waals surface area contributed by atoms with E-state index in [-0.39, 0.29) is 0 Å². The highest BCUT2D eigenvalue weighted by atomic mass is 15.3. The van der Waals surface area contributed by atoms with Crippen LogP contribution in [0.25, 0.3) is 0 Å². The molecule has 3 heterocycles. The predicted molar refractivity (Wildman–Crippen MR) is 117 cm³/mol. The summed E-state index contributed by atoms with van der Waals surface area (Å²) in [6.07, 6.45) is 12.5. The molecule has 1 nitrogen and oxygen atoms in total. The fraction of sp³-hybridized carbons (Fsp3) is 0.769. The van der Waals surface area contributed by atoms with Crippen molar-refractivity contribution in [1.29, 1.82) is 0 Å². The van der Waals surface area contributed by atoms with E-state index in [0.717, 1.165) is 17.8 Å². The molecule has 2 aliphatic carbocycles. The Bertz CT molecular complexity index is 687. The first-order valence-corrected chi connectivity index (χ1v) is 11.4. The van der Waals surface area contributed by atoms with E-state index in [4.69, 9.17) is 0 Å². The molecule has 5 fully saturated rings. The summed E-state index contributed by atoms with van der Waals surface area (Å²) in [5.41, 5.74) is 4.08. The third-order valence-corrected chi connectivity index (χ3v) is 9.92. The van der Waals surface area contributed by atoms with Gasteiger partial charge in [-0.05, 0) is 72.7 Å². The van der Waals surface area contributed by atoms with E-state index in [1.165, 1.54) is 37.8 Å². The number of allylic oxidation sites excluding steroid dienone is 3. The van der Waals surface area contributed by atoms with Crippen LogP contribution in [0, 0.1) is 34.5 Å². The van der Waals surface area contributed by atoms with Crippen molar-refractivity contribution in [3.05, 3.63) is 36.0 Å². The van der Waals surface area contributed by atoms with Crippen LogP contribution < -0.4 is 0 Å². The van der Waals surface area contributed by atoms with Crippen LogP contribution in [0.4, 0.5) is 0 Å². The quantitative estimate of drug-likeness (QED) is 0.493. The Hall–Kier alpha value is -0.820. The van der Waals surface area contributed by atoms with Gasteiger partial charge in [-0.1, -0.05) is 71.9 Å². The molecule has 1 heteroatoms. The van der Waals surface area contributed by atoms with Gasteiger partial charge in [0.05, 0.1) is 0 Å². The summed E-state index contributed by atoms with van der Waals surface area (Å²) in [5.74, 6) is 3.32. The van der Waals surface area contributed by atoms with E-state index in [9.17, 15) is 0 Å². The molecular formula is C26H41N. The lowest BCUT2D eigenvalue weighted by atomic mass is 9.55. The minimum Gasteiger partial charge on any atom is -0.289 e. The second-order valence-electron chi connectivity index (χ2n) is 11.2. The zero-order chi connectivity index (χ0) is 19.8. The Morgan fingerprint density at radius 1 is 1.15 bits per heavy atom. The lowest BCUT2D eigenvalue weighted by Gasteiger charge is -2.63. The summed E-state index contributed by atoms with van der Waals surface area (Å²) in [6.45, 7) is 22.8. The van der Waals surface area contributed by atoms with Crippen molar-refractivity contribution in [1.82, 2.24) is 4.90 Å². The molecule has 0 radical (unpaired) electrons. The Labute approximate surface area is 168 Å². The van der Waals surface area contributed by atoms with Crippen LogP contribution in [0.2, 0.25) is 0 Å². The number of fused-ring (bicyclic) bond motifs is 1. The zero-order valence-corrected chi connectivity index (χ0v) is 18.8. The molecule has 3 saturated heterocycles. The highest BCUT2D eigenvalue weighted by Crippen LogP contribution is 2.74. The summed E-state index contributed by atoms with van der Waals surface area (Å²) < 4.78 is 0. The van der Waals surface area contributed by atoms with Gasteiger partial charge in [-0.2, -0.15) is 0 Å². The van der Waals surface area contributed by atoms with Crippen LogP contribution in [0.1, 0.15) is 74.1 Å². The molecule has 0 N–H and O–H groups in total. The minimum absolute atomic E-state index is 0.381. The van der Waals surface area contributed by atoms with Gasteiger partial charge in [-0.3, -0.25) is 4.90 Å². The van der Waals surface area contributed by atoms with Gasteiger partial charge in [0.1, 0.15) is 0 Å². The second kappa shape index (κ2) is 6.09. The van der Waals surface area contributed by atoms with Crippen LogP contribution in [0.15, 0.2) is 36.0 Å². The highest BCUT2D eigenvalue weighted by Gasteiger charge is 2.74. The van der Waals surface area contributed by atoms with E-state index in [2.05, 4.69) is 78.2 Å². The molecule has 5 rings (SSSR count). The van der Waals surface area contributed by atoms with E-state index in [1.54, 1.807) is 5.57 Å². The van der Waals surface area contributed by atoms with Gasteiger partial charge in [0.25, 0.3) is 0 Å². The highest BCUT2D eigenvalue weighted by molar-refractivity contribution is 5.38. The summed E-state index contributed by atoms with van der Waals surface area (Å²) >= 11 is 0. The molecule has 2 bridgehead atoms. The third-order valence-electron chi connectivity index (χ3n) is 9.92. The molecule has 0 aromatic rings. The van der Waals surface area contributed by atoms with Crippen molar-refractivity contribution in [2.24, 2.45) is 34.5 Å². The van der Waals surface area contributed by atoms with Gasteiger partial charge in [0.2, 0.25) is 0 Å². The number of nitrogens with zero attached hydrogens (tertiary/aromatic N) is 1. The van der Waals surface area contributed by atoms with Crippen LogP contribution >= 0.6 is 0 Å². The fourth-order valence-electron chi connectivity index (χ4n) is 6.74. The molecule has 27 heavy (non-hydrogen) atoms. The number of rotatable bonds is 5. The molecule has 0 aromatic carbocycles. The van der Waals surface area contributed by atoms with Crippen LogP contribution in [-0.2, 0) is 0 Å². The second-order valence-corrected chi connectivity index (χ2v) is 11.2. The van der Waals surface area contributed by atoms with Crippen molar-refractivity contribution < 1.29 is 0 Å². The normalized spacial score (nSPS) is 41.3. The lowest BCUT2D eigenvalue weighted by molar-refractivity contribution is -0.135. The Morgan fingerprint density at radius 2 is 1.81 bits per heavy atom. The molecule has 5 aliphatic rings. The molecular weight excluding hydrogens is 326 g/mol. The molecule has 1 spiro atoms. The smallest absolute Gasteiger partial charge is 0.0393 e. The summed E-state index contributed by atoms with van der Waals surface area (Å²) in [7, 11) is 0. The molecule has 0 aromatic heterocycles. The maximum Gasteiger partial charge on any atom is 0.0393 e. The van der Waals surface area contributed by atoms with Crippen molar-refractivity contribution in [2.75, 3.05) is 6.54 Å². The van der Waals surface area contributed by atoms with Crippen LogP contribution in [-0.4, -0.2) is 23.0 Å². The average Bonchev–Trinajstić information content (AvgIpc) is 3.50. The van der Waals surface area contributed by atoms with Crippen molar-refractivity contribution in [2.45, 2.75) is 85.7 Å². The van der Waals surface area contributed by atoms with Gasteiger partial charge in [-0.15, -0.1) is 0 Å². The van der Waals surface area contributed by atoms with Crippen molar-refractivity contribution >= 4 is 0 Å². The van der Waals surface area contributed by atoms with E-state index in [1.807, 2.05) is 0 Å². The van der Waals surface area contributed by atoms with E-state index in [0.29, 0.717) is 28.3 Å². The minimum atomic E-state index is 0.381. The predicted octanol–water partition coefficient (Wildman–Crippen LogP) is 6.63. The molecule has 150 valence electrons. The first kappa shape index (κ1) is 19.5. The first-order chi connectivity index (χ1) is 12.6. The van der Waals surface area contributed by atoms with Crippen molar-refractivity contribution in [3.63, 3.8) is 0 Å². The first-order valence-electron chi connectivity index (χ1n) is 11.4. The Balaban J connectivity index is 1.64. The monoisotopic (exact) mass is 367 g/mol. The van der Waals surface area contributed by atoms with Gasteiger partial charge < -0.3 is 0 Å². The molecule has 6 atom stereocenters. The van der Waals surface area contributed by atoms with Crippen LogP contribution in [0.3, 0.4) is 0 Å². The van der Waals surface area contributed by atoms with Gasteiger partial charge in [0, 0.05) is 18.1 Å². The largest absolute Gasteiger partial charge is 0.289 e. The zero-order valence-electron chi connectivity index (χ0n) is 18.8. The number of hydrogen-bond acceptors (Lipinski definition) is 1. The van der Waals surface area contributed by atoms with Crippen molar-refractivity contribution in [3.8, 4) is 0 Å². The lowest BCUT2D eigenvalue weighted by Crippen LogP contribution is -2.69. The maximum atomic E-state index is 4.32. The molecule has 3 aliphatic heterocycles. The summed E-state index contributed by atoms with van der Waals surface area (Å²) in [5, 5.41) is 0. The maximum absolute atomic E-state index is 4.32. The SMILES string of the molecule is C=C(/C=C\C(=C/C)C1C2CN1C1(CC1)C(C)(C)C(C)(C)C1CC21)C(C)CC. The standard InChI is InChI=1S/C26H41N/c1-9-17(3)18(4)11-12-19(10-2)23-21-16-27(23)26(13-14-26)25(7,8)24(5,6)22-15-20(21)22/h10-12,17,20-23H,4,9,13-16H2,1-3,5-8H3/b12-11-,19-10+. The van der Waals surface area contributed by atoms with Gasteiger partial charge >= 0.3 is 0 Å². The van der Waals surface area contributed by atoms with Gasteiger partial charge in [-0.25, -0.2) is 0 Å². The molecule has 6 unspecified atom stereocenters. The summed E-state index contributed by atoms with van der Waals surface area (Å²) in [6, 6.07) is 0.642. The fourth-order valence-corrected chi connectivity index (χ4v) is 6.74. The van der Waals surface area contributed by atoms with E-state index < -0.39 is 0 Å². The Kier molecular flexibility index (Phi) is 4.39. The topological polar surface area (TPSA) is 3.24 Å². The van der Waals surface area contributed by atoms with E-state index >= 15 is 0 Å². The molecule has 0 amide bonds. The van der Waals surface area contributed by atoms with Crippen LogP contribution in [0.5, 0.6) is 0 Å².